The Kier molecular flexibility index (Phi) is 6.23. The van der Waals surface area contributed by atoms with Gasteiger partial charge >= 0.3 is 0 Å². The van der Waals surface area contributed by atoms with Crippen molar-refractivity contribution in [1.82, 2.24) is 10.2 Å². The monoisotopic (exact) mass is 332 g/mol. The van der Waals surface area contributed by atoms with Crippen LogP contribution in [0.4, 0.5) is 0 Å². The quantitative estimate of drug-likeness (QED) is 0.796. The summed E-state index contributed by atoms with van der Waals surface area (Å²) in [5.41, 5.74) is 0.790. The van der Waals surface area contributed by atoms with Crippen LogP contribution in [0.3, 0.4) is 0 Å². The predicted molar refractivity (Wildman–Crippen MR) is 94.0 cm³/mol. The van der Waals surface area contributed by atoms with Crippen molar-refractivity contribution in [2.75, 3.05) is 20.2 Å². The molecule has 1 aliphatic rings. The smallest absolute Gasteiger partial charge is 0.222 e. The second-order valence-electron chi connectivity index (χ2n) is 6.42. The van der Waals surface area contributed by atoms with Gasteiger partial charge in [0.1, 0.15) is 5.75 Å². The molecule has 2 amide bonds. The number of hydrogen-bond donors (Lipinski definition) is 1. The molecule has 5 heteroatoms. The van der Waals surface area contributed by atoms with E-state index in [1.54, 1.807) is 7.11 Å². The van der Waals surface area contributed by atoms with Gasteiger partial charge in [-0.15, -0.1) is 0 Å². The standard InChI is InChI=1S/C19H28N2O3/c1-4-21(5-2)18(23)10-12-19(11-9-17(22)20-19)14-15-7-6-8-16(13-15)24-3/h6-8,13H,4-5,9-12,14H2,1-3H3,(H,20,22)/t19-/m1/s1. The van der Waals surface area contributed by atoms with Gasteiger partial charge in [0.05, 0.1) is 7.11 Å². The lowest BCUT2D eigenvalue weighted by Gasteiger charge is -2.30. The lowest BCUT2D eigenvalue weighted by molar-refractivity contribution is -0.131. The van der Waals surface area contributed by atoms with Gasteiger partial charge in [0.25, 0.3) is 0 Å². The fourth-order valence-corrected chi connectivity index (χ4v) is 3.44. The molecule has 0 bridgehead atoms. The topological polar surface area (TPSA) is 58.6 Å². The van der Waals surface area contributed by atoms with Crippen LogP contribution >= 0.6 is 0 Å². The first kappa shape index (κ1) is 18.3. The van der Waals surface area contributed by atoms with Crippen LogP contribution in [-0.2, 0) is 16.0 Å². The summed E-state index contributed by atoms with van der Waals surface area (Å²) in [4.78, 5) is 26.0. The third kappa shape index (κ3) is 4.49. The Morgan fingerprint density at radius 3 is 2.67 bits per heavy atom. The maximum Gasteiger partial charge on any atom is 0.222 e. The number of benzene rings is 1. The van der Waals surface area contributed by atoms with Gasteiger partial charge in [-0.25, -0.2) is 0 Å². The molecule has 1 aliphatic heterocycles. The second-order valence-corrected chi connectivity index (χ2v) is 6.42. The van der Waals surface area contributed by atoms with Crippen molar-refractivity contribution in [3.8, 4) is 5.75 Å². The van der Waals surface area contributed by atoms with E-state index < -0.39 is 0 Å². The highest BCUT2D eigenvalue weighted by Crippen LogP contribution is 2.30. The van der Waals surface area contributed by atoms with Crippen molar-refractivity contribution >= 4 is 11.8 Å². The molecule has 1 heterocycles. The summed E-state index contributed by atoms with van der Waals surface area (Å²) >= 11 is 0. The van der Waals surface area contributed by atoms with E-state index in [0.29, 0.717) is 19.3 Å². The number of rotatable bonds is 8. The number of hydrogen-bond acceptors (Lipinski definition) is 3. The molecule has 132 valence electrons. The zero-order valence-electron chi connectivity index (χ0n) is 14.9. The molecule has 1 atom stereocenters. The molecule has 0 unspecified atom stereocenters. The number of methoxy groups -OCH3 is 1. The first-order valence-electron chi connectivity index (χ1n) is 8.73. The highest BCUT2D eigenvalue weighted by atomic mass is 16.5. The molecule has 1 saturated heterocycles. The molecule has 0 aliphatic carbocycles. The third-order valence-corrected chi connectivity index (χ3v) is 4.85. The molecule has 5 nitrogen and oxygen atoms in total. The van der Waals surface area contributed by atoms with Crippen LogP contribution in [0.2, 0.25) is 0 Å². The maximum atomic E-state index is 12.3. The van der Waals surface area contributed by atoms with Gasteiger partial charge in [0.15, 0.2) is 0 Å². The third-order valence-electron chi connectivity index (χ3n) is 4.85. The van der Waals surface area contributed by atoms with Crippen LogP contribution in [0.25, 0.3) is 0 Å². The molecule has 0 radical (unpaired) electrons. The largest absolute Gasteiger partial charge is 0.497 e. The van der Waals surface area contributed by atoms with E-state index in [4.69, 9.17) is 4.74 Å². The van der Waals surface area contributed by atoms with Crippen molar-refractivity contribution in [2.45, 2.75) is 51.5 Å². The Balaban J connectivity index is 2.09. The van der Waals surface area contributed by atoms with E-state index in [0.717, 1.165) is 37.2 Å². The molecule has 24 heavy (non-hydrogen) atoms. The van der Waals surface area contributed by atoms with Crippen molar-refractivity contribution in [1.29, 1.82) is 0 Å². The molecule has 1 aromatic rings. The lowest BCUT2D eigenvalue weighted by Crippen LogP contribution is -2.45. The van der Waals surface area contributed by atoms with Crippen molar-refractivity contribution < 1.29 is 14.3 Å². The van der Waals surface area contributed by atoms with Gasteiger partial charge in [0, 0.05) is 31.5 Å². The van der Waals surface area contributed by atoms with Gasteiger partial charge < -0.3 is 15.0 Å². The van der Waals surface area contributed by atoms with Crippen molar-refractivity contribution in [3.05, 3.63) is 29.8 Å². The van der Waals surface area contributed by atoms with Crippen LogP contribution < -0.4 is 10.1 Å². The van der Waals surface area contributed by atoms with Crippen LogP contribution in [0.1, 0.15) is 45.1 Å². The number of carbonyl (C=O) groups excluding carboxylic acids is 2. The zero-order valence-corrected chi connectivity index (χ0v) is 14.9. The highest BCUT2D eigenvalue weighted by molar-refractivity contribution is 5.80. The molecule has 0 aromatic heterocycles. The average molecular weight is 332 g/mol. The van der Waals surface area contributed by atoms with E-state index in [1.807, 2.05) is 43.0 Å². The Morgan fingerprint density at radius 1 is 1.33 bits per heavy atom. The molecule has 1 fully saturated rings. The average Bonchev–Trinajstić information content (AvgIpc) is 2.95. The summed E-state index contributed by atoms with van der Waals surface area (Å²) in [5.74, 6) is 1.05. The first-order chi connectivity index (χ1) is 11.5. The van der Waals surface area contributed by atoms with Crippen LogP contribution in [0, 0.1) is 0 Å². The molecule has 2 rings (SSSR count). The van der Waals surface area contributed by atoms with Crippen LogP contribution in [-0.4, -0.2) is 42.5 Å². The van der Waals surface area contributed by atoms with E-state index in [1.165, 1.54) is 0 Å². The SMILES string of the molecule is CCN(CC)C(=O)CC[C@@]1(Cc2cccc(OC)c2)CCC(=O)N1. The zero-order chi connectivity index (χ0) is 17.6. The summed E-state index contributed by atoms with van der Waals surface area (Å²) in [5, 5.41) is 3.13. The summed E-state index contributed by atoms with van der Waals surface area (Å²) in [6.07, 6.45) is 3.16. The van der Waals surface area contributed by atoms with E-state index >= 15 is 0 Å². The minimum Gasteiger partial charge on any atom is -0.497 e. The minimum atomic E-state index is -0.327. The fraction of sp³-hybridized carbons (Fsp3) is 0.579. The number of nitrogens with one attached hydrogen (secondary N) is 1. The van der Waals surface area contributed by atoms with Gasteiger partial charge in [-0.3, -0.25) is 9.59 Å². The molecule has 0 saturated carbocycles. The minimum absolute atomic E-state index is 0.0770. The molecule has 1 aromatic carbocycles. The second kappa shape index (κ2) is 8.18. The van der Waals surface area contributed by atoms with Crippen molar-refractivity contribution in [2.24, 2.45) is 0 Å². The van der Waals surface area contributed by atoms with E-state index in [9.17, 15) is 9.59 Å². The first-order valence-corrected chi connectivity index (χ1v) is 8.73. The van der Waals surface area contributed by atoms with E-state index in [-0.39, 0.29) is 17.4 Å². The predicted octanol–water partition coefficient (Wildman–Crippen LogP) is 2.54. The van der Waals surface area contributed by atoms with Crippen LogP contribution in [0.5, 0.6) is 5.75 Å². The Bertz CT molecular complexity index is 584. The Labute approximate surface area is 144 Å². The van der Waals surface area contributed by atoms with E-state index in [2.05, 4.69) is 5.32 Å². The number of ether oxygens (including phenoxy) is 1. The van der Waals surface area contributed by atoms with Crippen LogP contribution in [0.15, 0.2) is 24.3 Å². The van der Waals surface area contributed by atoms with Gasteiger partial charge in [-0.2, -0.15) is 0 Å². The number of amides is 2. The fourth-order valence-electron chi connectivity index (χ4n) is 3.44. The normalized spacial score (nSPS) is 19.9. The molecule has 0 spiro atoms. The highest BCUT2D eigenvalue weighted by Gasteiger charge is 2.38. The van der Waals surface area contributed by atoms with Gasteiger partial charge in [0.2, 0.25) is 11.8 Å². The summed E-state index contributed by atoms with van der Waals surface area (Å²) in [6.45, 7) is 5.44. The molecule has 1 N–H and O–H groups in total. The number of carbonyl (C=O) groups is 2. The molecular weight excluding hydrogens is 304 g/mol. The molecular formula is C19H28N2O3. The Morgan fingerprint density at radius 2 is 2.08 bits per heavy atom. The number of nitrogens with zero attached hydrogens (tertiary/aromatic N) is 1. The maximum absolute atomic E-state index is 12.3. The van der Waals surface area contributed by atoms with Gasteiger partial charge in [-0.1, -0.05) is 12.1 Å². The summed E-state index contributed by atoms with van der Waals surface area (Å²) in [7, 11) is 1.65. The lowest BCUT2D eigenvalue weighted by atomic mass is 9.85. The van der Waals surface area contributed by atoms with Gasteiger partial charge in [-0.05, 0) is 50.8 Å². The Hall–Kier alpha value is -2.04. The summed E-state index contributed by atoms with van der Waals surface area (Å²) < 4.78 is 5.28. The van der Waals surface area contributed by atoms with Crippen molar-refractivity contribution in [3.63, 3.8) is 0 Å². The summed E-state index contributed by atoms with van der Waals surface area (Å²) in [6, 6.07) is 7.91.